The third kappa shape index (κ3) is 4.55. The monoisotopic (exact) mass is 371 g/mol. The molecule has 1 atom stereocenters. The Hall–Kier alpha value is -3.09. The lowest BCUT2D eigenvalue weighted by molar-refractivity contribution is -0.117. The van der Waals surface area contributed by atoms with Crippen LogP contribution in [0.4, 0.5) is 20.6 Å². The number of rotatable bonds is 5. The first-order valence-corrected chi connectivity index (χ1v) is 8.83. The summed E-state index contributed by atoms with van der Waals surface area (Å²) in [7, 11) is 0. The molecule has 2 aromatic rings. The molecular formula is C20H22FN3O3. The third-order valence-corrected chi connectivity index (χ3v) is 4.35. The number of anilines is 2. The van der Waals surface area contributed by atoms with E-state index in [4.69, 9.17) is 4.74 Å². The van der Waals surface area contributed by atoms with Crippen LogP contribution >= 0.6 is 0 Å². The van der Waals surface area contributed by atoms with Crippen LogP contribution in [0.1, 0.15) is 18.9 Å². The zero-order chi connectivity index (χ0) is 19.4. The maximum atomic E-state index is 13.6. The summed E-state index contributed by atoms with van der Waals surface area (Å²) in [6.07, 6.45) is 0.211. The first-order valence-electron chi connectivity index (χ1n) is 8.83. The van der Waals surface area contributed by atoms with Crippen molar-refractivity contribution in [2.75, 3.05) is 23.4 Å². The summed E-state index contributed by atoms with van der Waals surface area (Å²) in [6, 6.07) is 11.0. The first kappa shape index (κ1) is 18.7. The van der Waals surface area contributed by atoms with Gasteiger partial charge in [-0.25, -0.2) is 9.18 Å². The topological polar surface area (TPSA) is 70.7 Å². The average Bonchev–Trinajstić information content (AvgIpc) is 2.99. The minimum absolute atomic E-state index is 0.0640. The molecule has 1 fully saturated rings. The Kier molecular flexibility index (Phi) is 5.59. The van der Waals surface area contributed by atoms with Crippen LogP contribution in [0.3, 0.4) is 0 Å². The zero-order valence-corrected chi connectivity index (χ0v) is 15.3. The predicted octanol–water partition coefficient (Wildman–Crippen LogP) is 3.46. The van der Waals surface area contributed by atoms with Crippen LogP contribution in [0.15, 0.2) is 42.5 Å². The summed E-state index contributed by atoms with van der Waals surface area (Å²) in [5.41, 5.74) is 1.63. The van der Waals surface area contributed by atoms with E-state index in [9.17, 15) is 14.0 Å². The number of nitrogens with one attached hydrogen (secondary N) is 2. The van der Waals surface area contributed by atoms with Crippen LogP contribution in [0.5, 0.6) is 5.75 Å². The molecule has 3 rings (SSSR count). The lowest BCUT2D eigenvalue weighted by Crippen LogP contribution is -2.39. The molecule has 0 spiro atoms. The Morgan fingerprint density at radius 3 is 2.67 bits per heavy atom. The number of halogens is 1. The van der Waals surface area contributed by atoms with E-state index in [1.54, 1.807) is 24.0 Å². The van der Waals surface area contributed by atoms with Crippen molar-refractivity contribution >= 4 is 23.3 Å². The number of nitrogens with zero attached hydrogens (tertiary/aromatic N) is 1. The molecule has 2 aromatic carbocycles. The van der Waals surface area contributed by atoms with Gasteiger partial charge in [-0.05, 0) is 55.8 Å². The Balaban J connectivity index is 1.58. The van der Waals surface area contributed by atoms with Crippen molar-refractivity contribution in [1.29, 1.82) is 0 Å². The number of carbonyl (C=O) groups excluding carboxylic acids is 2. The second-order valence-electron chi connectivity index (χ2n) is 6.39. The maximum Gasteiger partial charge on any atom is 0.319 e. The summed E-state index contributed by atoms with van der Waals surface area (Å²) in [4.78, 5) is 26.1. The van der Waals surface area contributed by atoms with Gasteiger partial charge in [0.15, 0.2) is 0 Å². The minimum Gasteiger partial charge on any atom is -0.494 e. The number of carbonyl (C=O) groups is 2. The number of benzene rings is 2. The standard InChI is InChI=1S/C20H22FN3O3/c1-3-27-17-8-6-16(7-9-17)24-12-15(11-19(24)25)23-20(26)22-14-5-4-13(2)18(21)10-14/h4-10,15H,3,11-12H2,1-2H3,(H2,22,23,26). The molecule has 3 amide bonds. The van der Waals surface area contributed by atoms with E-state index in [-0.39, 0.29) is 24.2 Å². The summed E-state index contributed by atoms with van der Waals surface area (Å²) < 4.78 is 19.0. The van der Waals surface area contributed by atoms with Crippen LogP contribution < -0.4 is 20.3 Å². The number of urea groups is 1. The second-order valence-corrected chi connectivity index (χ2v) is 6.39. The summed E-state index contributed by atoms with van der Waals surface area (Å²) in [6.45, 7) is 4.51. The second kappa shape index (κ2) is 8.07. The molecule has 6 nitrogen and oxygen atoms in total. The van der Waals surface area contributed by atoms with Crippen molar-refractivity contribution < 1.29 is 18.7 Å². The average molecular weight is 371 g/mol. The van der Waals surface area contributed by atoms with Gasteiger partial charge in [-0.1, -0.05) is 6.07 Å². The van der Waals surface area contributed by atoms with Gasteiger partial charge < -0.3 is 20.3 Å². The molecule has 1 heterocycles. The van der Waals surface area contributed by atoms with Crippen molar-refractivity contribution in [3.05, 3.63) is 53.8 Å². The molecule has 1 aliphatic rings. The normalized spacial score (nSPS) is 16.3. The molecule has 0 bridgehead atoms. The highest BCUT2D eigenvalue weighted by atomic mass is 19.1. The van der Waals surface area contributed by atoms with Crippen LogP contribution in [-0.2, 0) is 4.79 Å². The van der Waals surface area contributed by atoms with E-state index in [2.05, 4.69) is 10.6 Å². The molecule has 7 heteroatoms. The smallest absolute Gasteiger partial charge is 0.319 e. The van der Waals surface area contributed by atoms with Crippen molar-refractivity contribution in [3.8, 4) is 5.75 Å². The Labute approximate surface area is 157 Å². The largest absolute Gasteiger partial charge is 0.494 e. The number of aryl methyl sites for hydroxylation is 1. The van der Waals surface area contributed by atoms with Crippen LogP contribution in [0, 0.1) is 12.7 Å². The Morgan fingerprint density at radius 2 is 2.00 bits per heavy atom. The lowest BCUT2D eigenvalue weighted by Gasteiger charge is -2.18. The van der Waals surface area contributed by atoms with Crippen LogP contribution in [0.25, 0.3) is 0 Å². The van der Waals surface area contributed by atoms with Gasteiger partial charge in [-0.15, -0.1) is 0 Å². The van der Waals surface area contributed by atoms with Gasteiger partial charge in [0, 0.05) is 24.3 Å². The molecule has 1 saturated heterocycles. The number of hydrogen-bond donors (Lipinski definition) is 2. The molecule has 0 aromatic heterocycles. The summed E-state index contributed by atoms with van der Waals surface area (Å²) in [5.74, 6) is 0.295. The molecule has 0 saturated carbocycles. The van der Waals surface area contributed by atoms with Gasteiger partial charge in [-0.3, -0.25) is 4.79 Å². The van der Waals surface area contributed by atoms with E-state index in [1.807, 2.05) is 31.2 Å². The highest BCUT2D eigenvalue weighted by Crippen LogP contribution is 2.24. The van der Waals surface area contributed by atoms with E-state index < -0.39 is 6.03 Å². The molecule has 2 N–H and O–H groups in total. The van der Waals surface area contributed by atoms with Gasteiger partial charge >= 0.3 is 6.03 Å². The third-order valence-electron chi connectivity index (χ3n) is 4.35. The lowest BCUT2D eigenvalue weighted by atomic mass is 10.2. The molecule has 1 aliphatic heterocycles. The van der Waals surface area contributed by atoms with Crippen LogP contribution in [0.2, 0.25) is 0 Å². The van der Waals surface area contributed by atoms with Crippen LogP contribution in [-0.4, -0.2) is 31.1 Å². The van der Waals surface area contributed by atoms with Gasteiger partial charge in [0.05, 0.1) is 12.6 Å². The van der Waals surface area contributed by atoms with Gasteiger partial charge in [0.2, 0.25) is 5.91 Å². The Morgan fingerprint density at radius 1 is 1.26 bits per heavy atom. The fraction of sp³-hybridized carbons (Fsp3) is 0.300. The van der Waals surface area contributed by atoms with E-state index in [0.29, 0.717) is 24.4 Å². The molecule has 142 valence electrons. The summed E-state index contributed by atoms with van der Waals surface area (Å²) in [5, 5.41) is 5.35. The summed E-state index contributed by atoms with van der Waals surface area (Å²) >= 11 is 0. The SMILES string of the molecule is CCOc1ccc(N2CC(NC(=O)Nc3ccc(C)c(F)c3)CC2=O)cc1. The molecule has 27 heavy (non-hydrogen) atoms. The molecular weight excluding hydrogens is 349 g/mol. The molecule has 0 radical (unpaired) electrons. The van der Waals surface area contributed by atoms with Crippen molar-refractivity contribution in [3.63, 3.8) is 0 Å². The van der Waals surface area contributed by atoms with Gasteiger partial charge in [0.1, 0.15) is 11.6 Å². The predicted molar refractivity (Wildman–Crippen MR) is 102 cm³/mol. The Bertz CT molecular complexity index is 839. The van der Waals surface area contributed by atoms with Crippen molar-refractivity contribution in [2.45, 2.75) is 26.3 Å². The number of hydrogen-bond acceptors (Lipinski definition) is 3. The highest BCUT2D eigenvalue weighted by Gasteiger charge is 2.31. The van der Waals surface area contributed by atoms with Gasteiger partial charge in [0.25, 0.3) is 0 Å². The minimum atomic E-state index is -0.468. The van der Waals surface area contributed by atoms with E-state index in [1.165, 1.54) is 6.07 Å². The highest BCUT2D eigenvalue weighted by molar-refractivity contribution is 5.97. The quantitative estimate of drug-likeness (QED) is 0.846. The van der Waals surface area contributed by atoms with Crippen molar-refractivity contribution in [1.82, 2.24) is 5.32 Å². The molecule has 1 unspecified atom stereocenters. The maximum absolute atomic E-state index is 13.6. The van der Waals surface area contributed by atoms with E-state index >= 15 is 0 Å². The molecule has 0 aliphatic carbocycles. The van der Waals surface area contributed by atoms with E-state index in [0.717, 1.165) is 11.4 Å². The van der Waals surface area contributed by atoms with Gasteiger partial charge in [-0.2, -0.15) is 0 Å². The number of amides is 3. The van der Waals surface area contributed by atoms with Crippen molar-refractivity contribution in [2.24, 2.45) is 0 Å². The fourth-order valence-electron chi connectivity index (χ4n) is 2.97. The fourth-order valence-corrected chi connectivity index (χ4v) is 2.97. The first-order chi connectivity index (χ1) is 13.0. The zero-order valence-electron chi connectivity index (χ0n) is 15.3. The number of ether oxygens (including phenoxy) is 1.